The second-order valence-corrected chi connectivity index (χ2v) is 9.98. The summed E-state index contributed by atoms with van der Waals surface area (Å²) in [6, 6.07) is 0. The highest BCUT2D eigenvalue weighted by molar-refractivity contribution is 7.99. The minimum Gasteiger partial charge on any atom is -0.348 e. The van der Waals surface area contributed by atoms with E-state index in [1.54, 1.807) is 0 Å². The fraction of sp³-hybridized carbons (Fsp3) is 1.00. The minimum atomic E-state index is -0.362. The third-order valence-electron chi connectivity index (χ3n) is 5.51. The molecule has 1 fully saturated rings. The summed E-state index contributed by atoms with van der Waals surface area (Å²) in [5.41, 5.74) is 0. The van der Waals surface area contributed by atoms with Crippen LogP contribution in [-0.2, 0) is 9.47 Å². The lowest BCUT2D eigenvalue weighted by molar-refractivity contribution is -0.135. The molecule has 3 heteroatoms. The largest absolute Gasteiger partial charge is 0.348 e. The molecule has 27 heavy (non-hydrogen) atoms. The van der Waals surface area contributed by atoms with Gasteiger partial charge in [-0.05, 0) is 26.0 Å². The topological polar surface area (TPSA) is 18.5 Å². The van der Waals surface area contributed by atoms with E-state index >= 15 is 0 Å². The Morgan fingerprint density at radius 2 is 1.15 bits per heavy atom. The molecule has 0 amide bonds. The fourth-order valence-corrected chi connectivity index (χ4v) is 4.81. The molecular formula is C24H48O2S. The smallest absolute Gasteiger partial charge is 0.163 e. The first-order valence-corrected chi connectivity index (χ1v) is 13.2. The fourth-order valence-electron chi connectivity index (χ4n) is 3.81. The summed E-state index contributed by atoms with van der Waals surface area (Å²) < 4.78 is 11.4. The maximum Gasteiger partial charge on any atom is 0.163 e. The Hall–Kier alpha value is 0.270. The third-order valence-corrected chi connectivity index (χ3v) is 6.70. The SMILES string of the molecule is CCCCCCCCCCCCCCCCCCSCC1COC(C)(C)O1. The van der Waals surface area contributed by atoms with Crippen molar-refractivity contribution in [1.82, 2.24) is 0 Å². The van der Waals surface area contributed by atoms with Crippen LogP contribution in [-0.4, -0.2) is 30.0 Å². The van der Waals surface area contributed by atoms with Crippen molar-refractivity contribution in [2.45, 2.75) is 135 Å². The second kappa shape index (κ2) is 17.2. The number of hydrogen-bond donors (Lipinski definition) is 0. The van der Waals surface area contributed by atoms with Crippen molar-refractivity contribution >= 4 is 11.8 Å². The zero-order valence-corrected chi connectivity index (χ0v) is 19.6. The van der Waals surface area contributed by atoms with Crippen LogP contribution in [0.3, 0.4) is 0 Å². The van der Waals surface area contributed by atoms with Crippen molar-refractivity contribution in [2.75, 3.05) is 18.1 Å². The van der Waals surface area contributed by atoms with Gasteiger partial charge in [0.05, 0.1) is 12.7 Å². The van der Waals surface area contributed by atoms with E-state index in [9.17, 15) is 0 Å². The Kier molecular flexibility index (Phi) is 16.1. The molecule has 162 valence electrons. The molecule has 1 aliphatic heterocycles. The van der Waals surface area contributed by atoms with E-state index in [0.29, 0.717) is 6.10 Å². The van der Waals surface area contributed by atoms with E-state index in [2.05, 4.69) is 6.92 Å². The molecule has 0 radical (unpaired) electrons. The van der Waals surface area contributed by atoms with Gasteiger partial charge in [-0.2, -0.15) is 11.8 Å². The van der Waals surface area contributed by atoms with Crippen LogP contribution < -0.4 is 0 Å². The lowest BCUT2D eigenvalue weighted by Gasteiger charge is -2.16. The van der Waals surface area contributed by atoms with Gasteiger partial charge in [-0.3, -0.25) is 0 Å². The van der Waals surface area contributed by atoms with Crippen molar-refractivity contribution in [3.05, 3.63) is 0 Å². The van der Waals surface area contributed by atoms with E-state index < -0.39 is 0 Å². The molecule has 0 aromatic rings. The van der Waals surface area contributed by atoms with Gasteiger partial charge in [-0.15, -0.1) is 0 Å². The Morgan fingerprint density at radius 1 is 0.704 bits per heavy atom. The zero-order valence-electron chi connectivity index (χ0n) is 18.7. The second-order valence-electron chi connectivity index (χ2n) is 8.83. The number of hydrogen-bond acceptors (Lipinski definition) is 3. The van der Waals surface area contributed by atoms with E-state index in [1.807, 2.05) is 25.6 Å². The zero-order chi connectivity index (χ0) is 19.6. The van der Waals surface area contributed by atoms with Crippen LogP contribution in [0.4, 0.5) is 0 Å². The summed E-state index contributed by atoms with van der Waals surface area (Å²) in [7, 11) is 0. The van der Waals surface area contributed by atoms with Crippen LogP contribution in [0.15, 0.2) is 0 Å². The minimum absolute atomic E-state index is 0.297. The van der Waals surface area contributed by atoms with E-state index in [4.69, 9.17) is 9.47 Å². The van der Waals surface area contributed by atoms with Crippen LogP contribution in [0.5, 0.6) is 0 Å². The van der Waals surface area contributed by atoms with Crippen molar-refractivity contribution in [3.63, 3.8) is 0 Å². The van der Waals surface area contributed by atoms with Crippen LogP contribution >= 0.6 is 11.8 Å². The predicted octanol–water partition coefficient (Wildman–Crippen LogP) is 8.13. The van der Waals surface area contributed by atoms with Gasteiger partial charge in [0.15, 0.2) is 5.79 Å². The van der Waals surface area contributed by atoms with Crippen molar-refractivity contribution in [1.29, 1.82) is 0 Å². The summed E-state index contributed by atoms with van der Waals surface area (Å²) in [5, 5.41) is 0. The Bertz CT molecular complexity index is 320. The first kappa shape index (κ1) is 25.3. The van der Waals surface area contributed by atoms with Gasteiger partial charge >= 0.3 is 0 Å². The number of unbranched alkanes of at least 4 members (excludes halogenated alkanes) is 15. The van der Waals surface area contributed by atoms with Crippen LogP contribution in [0.2, 0.25) is 0 Å². The molecule has 0 N–H and O–H groups in total. The molecule has 0 aromatic heterocycles. The molecule has 1 saturated heterocycles. The molecule has 1 aliphatic rings. The molecule has 0 aliphatic carbocycles. The summed E-state index contributed by atoms with van der Waals surface area (Å²) >= 11 is 2.03. The van der Waals surface area contributed by atoms with Gasteiger partial charge < -0.3 is 9.47 Å². The van der Waals surface area contributed by atoms with E-state index in [0.717, 1.165) is 12.4 Å². The van der Waals surface area contributed by atoms with Gasteiger partial charge in [0.25, 0.3) is 0 Å². The first-order valence-electron chi connectivity index (χ1n) is 12.0. The first-order chi connectivity index (χ1) is 13.1. The van der Waals surface area contributed by atoms with Crippen molar-refractivity contribution in [2.24, 2.45) is 0 Å². The molecule has 0 spiro atoms. The van der Waals surface area contributed by atoms with Crippen molar-refractivity contribution in [3.8, 4) is 0 Å². The standard InChI is InChI=1S/C24H48O2S/c1-4-5-6-7-8-9-10-11-12-13-14-15-16-17-18-19-20-27-22-23-21-25-24(2,3)26-23/h23H,4-22H2,1-3H3. The highest BCUT2D eigenvalue weighted by Crippen LogP contribution is 2.25. The molecule has 0 bridgehead atoms. The molecule has 1 atom stereocenters. The molecule has 1 unspecified atom stereocenters. The lowest BCUT2D eigenvalue weighted by Crippen LogP contribution is -2.22. The van der Waals surface area contributed by atoms with Gasteiger partial charge in [-0.1, -0.05) is 103 Å². The molecular weight excluding hydrogens is 352 g/mol. The van der Waals surface area contributed by atoms with E-state index in [1.165, 1.54) is 108 Å². The summed E-state index contributed by atoms with van der Waals surface area (Å²) in [4.78, 5) is 0. The summed E-state index contributed by atoms with van der Waals surface area (Å²) in [5.74, 6) is 2.00. The Labute approximate surface area is 174 Å². The summed E-state index contributed by atoms with van der Waals surface area (Å²) in [6.07, 6.45) is 23.4. The van der Waals surface area contributed by atoms with Crippen LogP contribution in [0.1, 0.15) is 124 Å². The van der Waals surface area contributed by atoms with E-state index in [-0.39, 0.29) is 5.79 Å². The number of thioether (sulfide) groups is 1. The summed E-state index contributed by atoms with van der Waals surface area (Å²) in [6.45, 7) is 7.07. The van der Waals surface area contributed by atoms with Gasteiger partial charge in [-0.25, -0.2) is 0 Å². The quantitative estimate of drug-likeness (QED) is 0.204. The average molecular weight is 401 g/mol. The van der Waals surface area contributed by atoms with Gasteiger partial charge in [0.2, 0.25) is 0 Å². The molecule has 0 aromatic carbocycles. The Morgan fingerprint density at radius 3 is 1.56 bits per heavy atom. The molecule has 0 saturated carbocycles. The van der Waals surface area contributed by atoms with Gasteiger partial charge in [0, 0.05) is 5.75 Å². The predicted molar refractivity (Wildman–Crippen MR) is 122 cm³/mol. The maximum absolute atomic E-state index is 5.84. The highest BCUT2D eigenvalue weighted by atomic mass is 32.2. The average Bonchev–Trinajstić information content (AvgIpc) is 2.99. The number of rotatable bonds is 19. The highest BCUT2D eigenvalue weighted by Gasteiger charge is 2.32. The molecule has 1 rings (SSSR count). The van der Waals surface area contributed by atoms with Crippen LogP contribution in [0.25, 0.3) is 0 Å². The van der Waals surface area contributed by atoms with Gasteiger partial charge in [0.1, 0.15) is 0 Å². The normalized spacial score (nSPS) is 19.0. The maximum atomic E-state index is 5.84. The lowest BCUT2D eigenvalue weighted by atomic mass is 10.0. The Balaban J connectivity index is 1.68. The monoisotopic (exact) mass is 400 g/mol. The molecule has 1 heterocycles. The molecule has 2 nitrogen and oxygen atoms in total. The van der Waals surface area contributed by atoms with Crippen molar-refractivity contribution < 1.29 is 9.47 Å². The van der Waals surface area contributed by atoms with Crippen LogP contribution in [0, 0.1) is 0 Å². The third kappa shape index (κ3) is 15.8. The number of ether oxygens (including phenoxy) is 2.